The third-order valence-electron chi connectivity index (χ3n) is 3.97. The van der Waals surface area contributed by atoms with Gasteiger partial charge in [0.2, 0.25) is 5.95 Å². The fraction of sp³-hybridized carbons (Fsp3) is 0.143. The Morgan fingerprint density at radius 1 is 1.15 bits per heavy atom. The lowest BCUT2D eigenvalue weighted by molar-refractivity contribution is -0.192. The summed E-state index contributed by atoms with van der Waals surface area (Å²) >= 11 is 0. The van der Waals surface area contributed by atoms with Crippen LogP contribution in [0.1, 0.15) is 11.5 Å². The average Bonchev–Trinajstić information content (AvgIpc) is 3.46. The second-order valence-electron chi connectivity index (χ2n) is 6.53. The average molecular weight is 461 g/mol. The summed E-state index contributed by atoms with van der Waals surface area (Å²) in [5.41, 5.74) is 3.46. The molecule has 0 spiro atoms. The van der Waals surface area contributed by atoms with Crippen LogP contribution in [0.4, 0.5) is 30.6 Å². The van der Waals surface area contributed by atoms with Crippen LogP contribution in [0.25, 0.3) is 11.3 Å². The molecule has 0 fully saturated rings. The molecule has 4 aromatic rings. The quantitative estimate of drug-likeness (QED) is 0.363. The third-order valence-corrected chi connectivity index (χ3v) is 3.97. The van der Waals surface area contributed by atoms with E-state index < -0.39 is 12.1 Å². The number of aromatic nitrogens is 3. The summed E-state index contributed by atoms with van der Waals surface area (Å²) in [4.78, 5) is 22.0. The Balaban J connectivity index is 0.000000383. The Hall–Kier alpha value is -4.35. The Bertz CT molecular complexity index is 1180. The van der Waals surface area contributed by atoms with Gasteiger partial charge in [-0.2, -0.15) is 18.2 Å². The highest BCUT2D eigenvalue weighted by atomic mass is 19.4. The molecule has 4 rings (SSSR count). The molecule has 0 atom stereocenters. The number of oxazole rings is 1. The van der Waals surface area contributed by atoms with Crippen molar-refractivity contribution in [2.24, 2.45) is 0 Å². The van der Waals surface area contributed by atoms with Crippen LogP contribution in [0.15, 0.2) is 70.2 Å². The fourth-order valence-electron chi connectivity index (χ4n) is 2.55. The Morgan fingerprint density at radius 3 is 2.58 bits per heavy atom. The predicted molar refractivity (Wildman–Crippen MR) is 112 cm³/mol. The first-order chi connectivity index (χ1) is 15.7. The molecule has 3 heterocycles. The normalized spacial score (nSPS) is 10.8. The van der Waals surface area contributed by atoms with E-state index in [2.05, 4.69) is 25.6 Å². The van der Waals surface area contributed by atoms with Crippen LogP contribution in [0, 0.1) is 6.92 Å². The van der Waals surface area contributed by atoms with Gasteiger partial charge in [0.05, 0.1) is 12.8 Å². The van der Waals surface area contributed by atoms with Crippen LogP contribution in [0.3, 0.4) is 0 Å². The van der Waals surface area contributed by atoms with Crippen molar-refractivity contribution < 1.29 is 31.9 Å². The van der Waals surface area contributed by atoms with Gasteiger partial charge in [-0.25, -0.2) is 14.8 Å². The Kier molecular flexibility index (Phi) is 7.28. The lowest BCUT2D eigenvalue weighted by atomic mass is 10.1. The second-order valence-corrected chi connectivity index (χ2v) is 6.53. The van der Waals surface area contributed by atoms with Gasteiger partial charge < -0.3 is 24.6 Å². The molecule has 0 saturated heterocycles. The van der Waals surface area contributed by atoms with Crippen molar-refractivity contribution in [1.82, 2.24) is 15.0 Å². The Morgan fingerprint density at radius 2 is 1.94 bits per heavy atom. The van der Waals surface area contributed by atoms with Crippen molar-refractivity contribution in [2.75, 3.05) is 10.6 Å². The highest BCUT2D eigenvalue weighted by Crippen LogP contribution is 2.23. The number of anilines is 3. The minimum absolute atomic E-state index is 0.518. The lowest BCUT2D eigenvalue weighted by Crippen LogP contribution is -2.21. The lowest BCUT2D eigenvalue weighted by Gasteiger charge is -2.10. The van der Waals surface area contributed by atoms with Crippen molar-refractivity contribution in [3.8, 4) is 11.3 Å². The van der Waals surface area contributed by atoms with E-state index in [0.29, 0.717) is 12.5 Å². The van der Waals surface area contributed by atoms with E-state index in [-0.39, 0.29) is 0 Å². The van der Waals surface area contributed by atoms with E-state index in [4.69, 9.17) is 18.7 Å². The number of nitrogens with one attached hydrogen (secondary N) is 2. The molecule has 33 heavy (non-hydrogen) atoms. The van der Waals surface area contributed by atoms with Crippen LogP contribution in [-0.2, 0) is 11.3 Å². The van der Waals surface area contributed by atoms with E-state index in [1.165, 1.54) is 6.39 Å². The largest absolute Gasteiger partial charge is 0.490 e. The first-order valence-electron chi connectivity index (χ1n) is 9.38. The molecule has 0 radical (unpaired) electrons. The number of halogens is 3. The van der Waals surface area contributed by atoms with E-state index in [9.17, 15) is 13.2 Å². The number of aliphatic carboxylic acids is 1. The topological polar surface area (TPSA) is 126 Å². The number of carboxylic acid groups (broad SMARTS) is 1. The smallest absolute Gasteiger partial charge is 0.475 e. The van der Waals surface area contributed by atoms with E-state index in [1.807, 2.05) is 49.4 Å². The summed E-state index contributed by atoms with van der Waals surface area (Å²) in [5.74, 6) is -0.670. The molecule has 0 aliphatic carbocycles. The number of rotatable bonds is 6. The molecule has 9 nitrogen and oxygen atoms in total. The highest BCUT2D eigenvalue weighted by Gasteiger charge is 2.38. The monoisotopic (exact) mass is 461 g/mol. The summed E-state index contributed by atoms with van der Waals surface area (Å²) in [5, 5.41) is 13.6. The van der Waals surface area contributed by atoms with Crippen LogP contribution in [-0.4, -0.2) is 32.2 Å². The number of alkyl halides is 3. The minimum Gasteiger partial charge on any atom is -0.475 e. The molecule has 0 aliphatic heterocycles. The molecule has 0 bridgehead atoms. The van der Waals surface area contributed by atoms with Gasteiger partial charge in [-0.3, -0.25) is 0 Å². The van der Waals surface area contributed by atoms with Crippen molar-refractivity contribution in [2.45, 2.75) is 19.6 Å². The minimum atomic E-state index is -5.08. The summed E-state index contributed by atoms with van der Waals surface area (Å²) in [6.45, 7) is 2.49. The molecule has 0 aliphatic rings. The SMILES string of the molecule is Cc1cc(NCc2ccco2)nc(Nc2cccc(-c3cocn3)c2)n1.O=C(O)C(F)(F)F. The standard InChI is InChI=1S/C19H17N5O2.C2HF3O2/c1-13-8-18(20-10-16-6-3-7-26-16)24-19(22-13)23-15-5-2-4-14(9-15)17-11-25-12-21-17;3-2(4,5)1(6)7/h2-9,11-12H,10H2,1H3,(H2,20,22,23,24);(H,6,7). The van der Waals surface area contributed by atoms with E-state index in [0.717, 1.165) is 34.2 Å². The van der Waals surface area contributed by atoms with E-state index in [1.54, 1.807) is 12.5 Å². The van der Waals surface area contributed by atoms with Gasteiger partial charge in [0.25, 0.3) is 0 Å². The number of furan rings is 1. The number of carbonyl (C=O) groups is 1. The molecule has 3 N–H and O–H groups in total. The zero-order valence-corrected chi connectivity index (χ0v) is 17.1. The van der Waals surface area contributed by atoms with Crippen molar-refractivity contribution in [1.29, 1.82) is 0 Å². The zero-order chi connectivity index (χ0) is 23.8. The number of hydrogen-bond donors (Lipinski definition) is 3. The number of benzene rings is 1. The first kappa shape index (κ1) is 23.3. The summed E-state index contributed by atoms with van der Waals surface area (Å²) < 4.78 is 42.1. The molecule has 3 aromatic heterocycles. The van der Waals surface area contributed by atoms with Crippen molar-refractivity contribution in [3.05, 3.63) is 72.8 Å². The van der Waals surface area contributed by atoms with Crippen LogP contribution in [0.2, 0.25) is 0 Å². The number of hydrogen-bond acceptors (Lipinski definition) is 8. The second kappa shape index (κ2) is 10.3. The van der Waals surface area contributed by atoms with Gasteiger partial charge in [-0.05, 0) is 31.2 Å². The maximum absolute atomic E-state index is 10.6. The first-order valence-corrected chi connectivity index (χ1v) is 9.38. The van der Waals surface area contributed by atoms with Crippen LogP contribution < -0.4 is 10.6 Å². The maximum Gasteiger partial charge on any atom is 0.490 e. The molecule has 1 aromatic carbocycles. The van der Waals surface area contributed by atoms with Crippen molar-refractivity contribution in [3.63, 3.8) is 0 Å². The Labute approximate surface area is 185 Å². The summed E-state index contributed by atoms with van der Waals surface area (Å²) in [7, 11) is 0. The van der Waals surface area contributed by atoms with Crippen molar-refractivity contribution >= 4 is 23.4 Å². The van der Waals surface area contributed by atoms with Gasteiger partial charge in [-0.15, -0.1) is 0 Å². The number of aryl methyl sites for hydroxylation is 1. The van der Waals surface area contributed by atoms with Gasteiger partial charge in [-0.1, -0.05) is 12.1 Å². The maximum atomic E-state index is 10.6. The fourth-order valence-corrected chi connectivity index (χ4v) is 2.55. The molecule has 0 saturated carbocycles. The molecule has 172 valence electrons. The summed E-state index contributed by atoms with van der Waals surface area (Å²) in [6.07, 6.45) is -0.411. The van der Waals surface area contributed by atoms with Gasteiger partial charge >= 0.3 is 12.1 Å². The van der Waals surface area contributed by atoms with Gasteiger partial charge in [0.15, 0.2) is 6.39 Å². The van der Waals surface area contributed by atoms with E-state index >= 15 is 0 Å². The van der Waals surface area contributed by atoms with Crippen LogP contribution in [0.5, 0.6) is 0 Å². The van der Waals surface area contributed by atoms with Gasteiger partial charge in [0, 0.05) is 23.0 Å². The highest BCUT2D eigenvalue weighted by molar-refractivity contribution is 5.73. The molecule has 0 unspecified atom stereocenters. The number of nitrogens with zero attached hydrogens (tertiary/aromatic N) is 3. The predicted octanol–water partition coefficient (Wildman–Crippen LogP) is 5.02. The molecular formula is C21H18F3N5O4. The number of carboxylic acids is 1. The molecule has 12 heteroatoms. The van der Waals surface area contributed by atoms with Crippen LogP contribution >= 0.6 is 0 Å². The van der Waals surface area contributed by atoms with Gasteiger partial charge in [0.1, 0.15) is 23.5 Å². The summed E-state index contributed by atoms with van der Waals surface area (Å²) in [6, 6.07) is 13.5. The third kappa shape index (κ3) is 7.09. The molecular weight excluding hydrogens is 443 g/mol. The molecule has 0 amide bonds. The zero-order valence-electron chi connectivity index (χ0n) is 17.1.